The predicted molar refractivity (Wildman–Crippen MR) is 64.5 cm³/mol. The summed E-state index contributed by atoms with van der Waals surface area (Å²) in [6.45, 7) is 2.13. The van der Waals surface area contributed by atoms with Crippen molar-refractivity contribution >= 4 is 5.78 Å². The first kappa shape index (κ1) is 10.1. The van der Waals surface area contributed by atoms with E-state index in [0.717, 1.165) is 23.8 Å². The topological polar surface area (TPSA) is 17.1 Å². The summed E-state index contributed by atoms with van der Waals surface area (Å²) in [4.78, 5) is 12.3. The second-order valence-corrected chi connectivity index (χ2v) is 5.20. The number of hydrogen-bond acceptors (Lipinski definition) is 1. The fourth-order valence-electron chi connectivity index (χ4n) is 3.35. The molecule has 2 aliphatic rings. The predicted octanol–water partition coefficient (Wildman–Crippen LogP) is 3.48. The average molecular weight is 214 g/mol. The maximum atomic E-state index is 12.3. The van der Waals surface area contributed by atoms with Crippen LogP contribution in [-0.4, -0.2) is 5.78 Å². The van der Waals surface area contributed by atoms with Gasteiger partial charge in [-0.05, 0) is 42.7 Å². The number of carbonyl (C=O) groups excluding carboxylic acids is 1. The van der Waals surface area contributed by atoms with Gasteiger partial charge >= 0.3 is 0 Å². The van der Waals surface area contributed by atoms with Crippen LogP contribution in [0.4, 0.5) is 0 Å². The minimum absolute atomic E-state index is 0.376. The molecular weight excluding hydrogens is 196 g/mol. The molecule has 1 heteroatoms. The fraction of sp³-hybridized carbons (Fsp3) is 0.533. The van der Waals surface area contributed by atoms with Crippen molar-refractivity contribution in [2.24, 2.45) is 17.8 Å². The molecule has 2 aliphatic carbocycles. The van der Waals surface area contributed by atoms with Gasteiger partial charge in [-0.1, -0.05) is 31.5 Å². The van der Waals surface area contributed by atoms with Crippen molar-refractivity contribution in [1.82, 2.24) is 0 Å². The van der Waals surface area contributed by atoms with Gasteiger partial charge < -0.3 is 0 Å². The smallest absolute Gasteiger partial charge is 0.166 e. The van der Waals surface area contributed by atoms with Crippen LogP contribution >= 0.6 is 0 Å². The number of hydrogen-bond donors (Lipinski definition) is 0. The molecule has 3 rings (SSSR count). The van der Waals surface area contributed by atoms with E-state index in [9.17, 15) is 4.79 Å². The van der Waals surface area contributed by atoms with E-state index < -0.39 is 0 Å². The molecule has 2 fully saturated rings. The molecule has 2 atom stereocenters. The fourth-order valence-corrected chi connectivity index (χ4v) is 3.35. The molecule has 2 unspecified atom stereocenters. The lowest BCUT2D eigenvalue weighted by Crippen LogP contribution is -2.06. The zero-order valence-electron chi connectivity index (χ0n) is 9.78. The minimum atomic E-state index is 0.376. The molecule has 0 bridgehead atoms. The number of aryl methyl sites for hydroxylation is 1. The van der Waals surface area contributed by atoms with Crippen molar-refractivity contribution in [3.8, 4) is 0 Å². The molecule has 0 saturated heterocycles. The first-order chi connectivity index (χ1) is 7.81. The third-order valence-electron chi connectivity index (χ3n) is 4.33. The summed E-state index contributed by atoms with van der Waals surface area (Å²) in [6.07, 6.45) is 4.93. The van der Waals surface area contributed by atoms with Gasteiger partial charge in [-0.3, -0.25) is 4.79 Å². The van der Waals surface area contributed by atoms with Crippen LogP contribution in [0.25, 0.3) is 0 Å². The molecule has 0 heterocycles. The molecule has 1 aromatic carbocycles. The van der Waals surface area contributed by atoms with E-state index in [2.05, 4.69) is 19.1 Å². The van der Waals surface area contributed by atoms with Gasteiger partial charge in [-0.15, -0.1) is 0 Å². The summed E-state index contributed by atoms with van der Waals surface area (Å²) >= 11 is 0. The van der Waals surface area contributed by atoms with Crippen LogP contribution in [-0.2, 0) is 6.42 Å². The summed E-state index contributed by atoms with van der Waals surface area (Å²) in [7, 11) is 0. The van der Waals surface area contributed by atoms with Gasteiger partial charge in [0.2, 0.25) is 0 Å². The number of Topliss-reactive ketones (excluding diaryl/α,β-unsaturated/α-hetero) is 1. The maximum Gasteiger partial charge on any atom is 0.166 e. The number of fused-ring (bicyclic) bond motifs is 1. The van der Waals surface area contributed by atoms with Crippen LogP contribution in [0.1, 0.15) is 42.1 Å². The van der Waals surface area contributed by atoms with E-state index in [-0.39, 0.29) is 0 Å². The first-order valence-electron chi connectivity index (χ1n) is 6.44. The van der Waals surface area contributed by atoms with Crippen molar-refractivity contribution < 1.29 is 4.79 Å². The Kier molecular flexibility index (Phi) is 2.34. The van der Waals surface area contributed by atoms with Gasteiger partial charge in [-0.2, -0.15) is 0 Å². The maximum absolute atomic E-state index is 12.3. The molecule has 1 aromatic rings. The molecule has 1 nitrogen and oxygen atoms in total. The molecule has 0 N–H and O–H groups in total. The largest absolute Gasteiger partial charge is 0.294 e. The van der Waals surface area contributed by atoms with Crippen molar-refractivity contribution in [1.29, 1.82) is 0 Å². The first-order valence-corrected chi connectivity index (χ1v) is 6.44. The number of carbonyl (C=O) groups is 1. The normalized spacial score (nSPS) is 31.2. The SMILES string of the molecule is CCc1cccc(C(=O)C2C3CCCC32)c1. The Bertz CT molecular complexity index is 411. The summed E-state index contributed by atoms with van der Waals surface area (Å²) in [6, 6.07) is 8.18. The standard InChI is InChI=1S/C15H18O/c1-2-10-5-3-6-11(9-10)15(16)14-12-7-4-8-13(12)14/h3,5-6,9,12-14H,2,4,7-8H2,1H3. The third kappa shape index (κ3) is 1.50. The van der Waals surface area contributed by atoms with E-state index in [1.165, 1.54) is 24.8 Å². The summed E-state index contributed by atoms with van der Waals surface area (Å²) in [5.74, 6) is 2.25. The Balaban J connectivity index is 1.79. The molecular formula is C15H18O. The Morgan fingerprint density at radius 2 is 2.06 bits per heavy atom. The molecule has 0 radical (unpaired) electrons. The highest BCUT2D eigenvalue weighted by atomic mass is 16.1. The summed E-state index contributed by atoms with van der Waals surface area (Å²) in [5.41, 5.74) is 2.22. The Labute approximate surface area is 96.9 Å². The number of benzene rings is 1. The highest BCUT2D eigenvalue weighted by Gasteiger charge is 2.56. The quantitative estimate of drug-likeness (QED) is 0.704. The van der Waals surface area contributed by atoms with Gasteiger partial charge in [-0.25, -0.2) is 0 Å². The second-order valence-electron chi connectivity index (χ2n) is 5.20. The molecule has 2 saturated carbocycles. The van der Waals surface area contributed by atoms with E-state index in [1.54, 1.807) is 0 Å². The lowest BCUT2D eigenvalue weighted by atomic mass is 9.99. The summed E-state index contributed by atoms with van der Waals surface area (Å²) < 4.78 is 0. The van der Waals surface area contributed by atoms with Crippen LogP contribution in [0.2, 0.25) is 0 Å². The molecule has 0 amide bonds. The van der Waals surface area contributed by atoms with Gasteiger partial charge in [0.1, 0.15) is 0 Å². The molecule has 0 spiro atoms. The van der Waals surface area contributed by atoms with Crippen molar-refractivity contribution in [3.63, 3.8) is 0 Å². The number of ketones is 1. The molecule has 0 aliphatic heterocycles. The Morgan fingerprint density at radius 3 is 2.75 bits per heavy atom. The highest BCUT2D eigenvalue weighted by Crippen LogP contribution is 2.58. The molecule has 84 valence electrons. The van der Waals surface area contributed by atoms with E-state index in [4.69, 9.17) is 0 Å². The average Bonchev–Trinajstić information content (AvgIpc) is 2.81. The van der Waals surface area contributed by atoms with Gasteiger partial charge in [0, 0.05) is 11.5 Å². The van der Waals surface area contributed by atoms with Crippen LogP contribution in [0.15, 0.2) is 24.3 Å². The highest BCUT2D eigenvalue weighted by molar-refractivity contribution is 6.00. The van der Waals surface area contributed by atoms with Crippen LogP contribution in [0.3, 0.4) is 0 Å². The van der Waals surface area contributed by atoms with Crippen LogP contribution in [0, 0.1) is 17.8 Å². The Hall–Kier alpha value is -1.11. The third-order valence-corrected chi connectivity index (χ3v) is 4.33. The lowest BCUT2D eigenvalue weighted by Gasteiger charge is -2.04. The van der Waals surface area contributed by atoms with Gasteiger partial charge in [0.15, 0.2) is 5.78 Å². The zero-order chi connectivity index (χ0) is 11.1. The second kappa shape index (κ2) is 3.73. The van der Waals surface area contributed by atoms with Gasteiger partial charge in [0.05, 0.1) is 0 Å². The van der Waals surface area contributed by atoms with E-state index >= 15 is 0 Å². The Morgan fingerprint density at radius 1 is 1.31 bits per heavy atom. The number of rotatable bonds is 3. The summed E-state index contributed by atoms with van der Waals surface area (Å²) in [5, 5.41) is 0. The molecule has 0 aromatic heterocycles. The van der Waals surface area contributed by atoms with Crippen LogP contribution < -0.4 is 0 Å². The minimum Gasteiger partial charge on any atom is -0.294 e. The monoisotopic (exact) mass is 214 g/mol. The lowest BCUT2D eigenvalue weighted by molar-refractivity contribution is 0.0951. The van der Waals surface area contributed by atoms with Crippen LogP contribution in [0.5, 0.6) is 0 Å². The van der Waals surface area contributed by atoms with Crippen molar-refractivity contribution in [2.75, 3.05) is 0 Å². The van der Waals surface area contributed by atoms with Crippen molar-refractivity contribution in [3.05, 3.63) is 35.4 Å². The van der Waals surface area contributed by atoms with Crippen molar-refractivity contribution in [2.45, 2.75) is 32.6 Å². The van der Waals surface area contributed by atoms with E-state index in [0.29, 0.717) is 11.7 Å². The molecule has 16 heavy (non-hydrogen) atoms. The van der Waals surface area contributed by atoms with E-state index in [1.807, 2.05) is 12.1 Å². The van der Waals surface area contributed by atoms with Gasteiger partial charge in [0.25, 0.3) is 0 Å². The zero-order valence-corrected chi connectivity index (χ0v) is 9.78.